The van der Waals surface area contributed by atoms with Gasteiger partial charge in [-0.2, -0.15) is 0 Å². The number of aliphatic hydroxyl groups excluding tert-OH is 2. The molecule has 0 spiro atoms. The van der Waals surface area contributed by atoms with Crippen LogP contribution in [-0.2, 0) is 14.3 Å². The van der Waals surface area contributed by atoms with Crippen molar-refractivity contribution in [1.29, 1.82) is 0 Å². The van der Waals surface area contributed by atoms with Gasteiger partial charge in [-0.1, -0.05) is 167 Å². The van der Waals surface area contributed by atoms with E-state index in [9.17, 15) is 19.8 Å². The quantitative estimate of drug-likeness (QED) is 0.0343. The van der Waals surface area contributed by atoms with Gasteiger partial charge < -0.3 is 20.3 Å². The monoisotopic (exact) mass is 680 g/mol. The van der Waals surface area contributed by atoms with E-state index in [-0.39, 0.29) is 18.5 Å². The van der Waals surface area contributed by atoms with Crippen LogP contribution in [0.25, 0.3) is 0 Å². The second-order valence-corrected chi connectivity index (χ2v) is 14.3. The van der Waals surface area contributed by atoms with Crippen LogP contribution in [0, 0.1) is 0 Å². The van der Waals surface area contributed by atoms with E-state index in [1.54, 1.807) is 0 Å². The third kappa shape index (κ3) is 34.5. The molecule has 2 atom stereocenters. The molecular weight excluding hydrogens is 598 g/mol. The fourth-order valence-electron chi connectivity index (χ4n) is 6.28. The normalized spacial score (nSPS) is 12.8. The standard InChI is InChI=1S/C42H81NO5/c1-3-5-7-9-11-13-14-15-20-24-28-32-36-42(47)48-37-33-29-25-21-17-16-19-23-27-31-35-41(46)43-39(38-44)40(45)34-30-26-22-18-12-10-8-6-4-2/h11,13,39-40,44-45H,3-10,12,14-38H2,1-2H3,(H,43,46)/b13-11-. The summed E-state index contributed by atoms with van der Waals surface area (Å²) in [6, 6.07) is -0.555. The first kappa shape index (κ1) is 46.6. The summed E-state index contributed by atoms with van der Waals surface area (Å²) in [4.78, 5) is 24.3. The van der Waals surface area contributed by atoms with Crippen LogP contribution in [0.2, 0.25) is 0 Å². The Balaban J connectivity index is 3.49. The van der Waals surface area contributed by atoms with Crippen LogP contribution in [-0.4, -0.2) is 47.4 Å². The predicted molar refractivity (Wildman–Crippen MR) is 204 cm³/mol. The molecule has 0 aromatic rings. The van der Waals surface area contributed by atoms with Crippen LogP contribution >= 0.6 is 0 Å². The largest absolute Gasteiger partial charge is 0.466 e. The molecule has 6 heteroatoms. The van der Waals surface area contributed by atoms with Crippen molar-refractivity contribution in [2.45, 2.75) is 231 Å². The van der Waals surface area contributed by atoms with Gasteiger partial charge >= 0.3 is 5.97 Å². The fourth-order valence-corrected chi connectivity index (χ4v) is 6.28. The summed E-state index contributed by atoms with van der Waals surface area (Å²) in [6.45, 7) is 4.83. The van der Waals surface area contributed by atoms with E-state index in [2.05, 4.69) is 31.3 Å². The summed E-state index contributed by atoms with van der Waals surface area (Å²) in [6.07, 6.45) is 40.1. The molecule has 0 rings (SSSR count). The SMILES string of the molecule is CCCCC/C=C\CCCCCCCC(=O)OCCCCCCCCCCCCC(=O)NC(CO)C(O)CCCCCCCCCCC. The summed E-state index contributed by atoms with van der Waals surface area (Å²) < 4.78 is 5.42. The Morgan fingerprint density at radius 1 is 0.562 bits per heavy atom. The number of carbonyl (C=O) groups is 2. The summed E-state index contributed by atoms with van der Waals surface area (Å²) >= 11 is 0. The van der Waals surface area contributed by atoms with Crippen molar-refractivity contribution >= 4 is 11.9 Å². The molecule has 0 saturated heterocycles. The molecule has 48 heavy (non-hydrogen) atoms. The van der Waals surface area contributed by atoms with Crippen molar-refractivity contribution in [3.63, 3.8) is 0 Å². The molecule has 0 bridgehead atoms. The Hall–Kier alpha value is -1.40. The molecule has 1 amide bonds. The molecule has 0 aliphatic rings. The van der Waals surface area contributed by atoms with Crippen LogP contribution in [0.15, 0.2) is 12.2 Å². The first-order chi connectivity index (χ1) is 23.5. The minimum Gasteiger partial charge on any atom is -0.466 e. The number of hydrogen-bond donors (Lipinski definition) is 3. The van der Waals surface area contributed by atoms with Crippen molar-refractivity contribution in [3.8, 4) is 0 Å². The molecule has 6 nitrogen and oxygen atoms in total. The molecule has 0 aromatic heterocycles. The highest BCUT2D eigenvalue weighted by atomic mass is 16.5. The second-order valence-electron chi connectivity index (χ2n) is 14.3. The zero-order chi connectivity index (χ0) is 35.2. The summed E-state index contributed by atoms with van der Waals surface area (Å²) in [5, 5.41) is 23.0. The highest BCUT2D eigenvalue weighted by Crippen LogP contribution is 2.15. The van der Waals surface area contributed by atoms with Gasteiger partial charge in [0.05, 0.1) is 25.4 Å². The number of nitrogens with one attached hydrogen (secondary N) is 1. The van der Waals surface area contributed by atoms with E-state index in [4.69, 9.17) is 4.74 Å². The molecular formula is C42H81NO5. The van der Waals surface area contributed by atoms with Crippen molar-refractivity contribution in [2.75, 3.05) is 13.2 Å². The Kier molecular flexibility index (Phi) is 37.3. The van der Waals surface area contributed by atoms with Gasteiger partial charge in [-0.3, -0.25) is 9.59 Å². The Morgan fingerprint density at radius 3 is 1.52 bits per heavy atom. The number of aliphatic hydroxyl groups is 2. The Morgan fingerprint density at radius 2 is 0.979 bits per heavy atom. The van der Waals surface area contributed by atoms with E-state index < -0.39 is 12.1 Å². The smallest absolute Gasteiger partial charge is 0.305 e. The number of unbranched alkanes of at least 4 members (excludes halogenated alkanes) is 25. The molecule has 284 valence electrons. The number of carbonyl (C=O) groups excluding carboxylic acids is 2. The number of rotatable bonds is 38. The maximum absolute atomic E-state index is 12.3. The van der Waals surface area contributed by atoms with Gasteiger partial charge in [-0.15, -0.1) is 0 Å². The third-order valence-electron chi connectivity index (χ3n) is 9.56. The lowest BCUT2D eigenvalue weighted by molar-refractivity contribution is -0.143. The molecule has 2 unspecified atom stereocenters. The molecule has 0 aromatic carbocycles. The van der Waals surface area contributed by atoms with Crippen LogP contribution in [0.1, 0.15) is 219 Å². The highest BCUT2D eigenvalue weighted by Gasteiger charge is 2.20. The summed E-state index contributed by atoms with van der Waals surface area (Å²) in [5.41, 5.74) is 0. The first-order valence-corrected chi connectivity index (χ1v) is 20.9. The van der Waals surface area contributed by atoms with Crippen molar-refractivity contribution < 1.29 is 24.5 Å². The first-order valence-electron chi connectivity index (χ1n) is 20.9. The van der Waals surface area contributed by atoms with Gasteiger partial charge in [0, 0.05) is 12.8 Å². The number of esters is 1. The number of ether oxygens (including phenoxy) is 1. The average molecular weight is 680 g/mol. The lowest BCUT2D eigenvalue weighted by Crippen LogP contribution is -2.45. The van der Waals surface area contributed by atoms with Crippen LogP contribution in [0.3, 0.4) is 0 Å². The predicted octanol–water partition coefficient (Wildman–Crippen LogP) is 11.4. The maximum atomic E-state index is 12.3. The van der Waals surface area contributed by atoms with Gasteiger partial charge in [0.1, 0.15) is 0 Å². The van der Waals surface area contributed by atoms with Crippen LogP contribution < -0.4 is 5.32 Å². The molecule has 3 N–H and O–H groups in total. The van der Waals surface area contributed by atoms with E-state index in [0.717, 1.165) is 57.8 Å². The minimum atomic E-state index is -0.675. The topological polar surface area (TPSA) is 95.9 Å². The zero-order valence-electron chi connectivity index (χ0n) is 32.0. The zero-order valence-corrected chi connectivity index (χ0v) is 32.0. The van der Waals surface area contributed by atoms with Crippen molar-refractivity contribution in [2.24, 2.45) is 0 Å². The second kappa shape index (κ2) is 38.4. The summed E-state index contributed by atoms with van der Waals surface area (Å²) in [5.74, 6) is -0.0918. The van der Waals surface area contributed by atoms with E-state index >= 15 is 0 Å². The Bertz CT molecular complexity index is 712. The number of amides is 1. The van der Waals surface area contributed by atoms with E-state index in [1.807, 2.05) is 0 Å². The number of allylic oxidation sites excluding steroid dienone is 2. The maximum Gasteiger partial charge on any atom is 0.305 e. The van der Waals surface area contributed by atoms with Crippen molar-refractivity contribution in [3.05, 3.63) is 12.2 Å². The third-order valence-corrected chi connectivity index (χ3v) is 9.56. The van der Waals surface area contributed by atoms with Gasteiger partial charge in [0.25, 0.3) is 0 Å². The molecule has 0 radical (unpaired) electrons. The fraction of sp³-hybridized carbons (Fsp3) is 0.905. The average Bonchev–Trinajstić information content (AvgIpc) is 3.08. The lowest BCUT2D eigenvalue weighted by Gasteiger charge is -2.22. The van der Waals surface area contributed by atoms with Gasteiger partial charge in [0.15, 0.2) is 0 Å². The van der Waals surface area contributed by atoms with Gasteiger partial charge in [0.2, 0.25) is 5.91 Å². The van der Waals surface area contributed by atoms with Crippen molar-refractivity contribution in [1.82, 2.24) is 5.32 Å². The molecule has 0 heterocycles. The van der Waals surface area contributed by atoms with Crippen LogP contribution in [0.4, 0.5) is 0 Å². The minimum absolute atomic E-state index is 0.0300. The van der Waals surface area contributed by atoms with Gasteiger partial charge in [-0.25, -0.2) is 0 Å². The van der Waals surface area contributed by atoms with E-state index in [0.29, 0.717) is 25.9 Å². The molecule has 0 aliphatic carbocycles. The molecule has 0 saturated carbocycles. The number of hydrogen-bond acceptors (Lipinski definition) is 5. The van der Waals surface area contributed by atoms with Gasteiger partial charge in [-0.05, 0) is 51.4 Å². The highest BCUT2D eigenvalue weighted by molar-refractivity contribution is 5.76. The molecule has 0 fully saturated rings. The summed E-state index contributed by atoms with van der Waals surface area (Å²) in [7, 11) is 0. The van der Waals surface area contributed by atoms with E-state index in [1.165, 1.54) is 128 Å². The molecule has 0 aliphatic heterocycles. The van der Waals surface area contributed by atoms with Crippen LogP contribution in [0.5, 0.6) is 0 Å². The lowest BCUT2D eigenvalue weighted by atomic mass is 10.0. The Labute approximate surface area is 298 Å².